The zero-order valence-electron chi connectivity index (χ0n) is 16.9. The van der Waals surface area contributed by atoms with Gasteiger partial charge < -0.3 is 15.1 Å². The van der Waals surface area contributed by atoms with Crippen LogP contribution in [0.25, 0.3) is 0 Å². The van der Waals surface area contributed by atoms with Crippen molar-refractivity contribution < 1.29 is 8.78 Å². The molecule has 0 spiro atoms. The first kappa shape index (κ1) is 19.5. The van der Waals surface area contributed by atoms with Gasteiger partial charge in [0.05, 0.1) is 11.4 Å². The standard InChI is InChI=1S/C24H27F2N3/c1-15-16(2)24-18(4)29-10-6-5-7-21(29)13-28(24)14-22(15)17(3)27-12-19-8-9-20(25)11-23(19)26/h8-9,11,14,21,27H,1,3-7,10,12-13H2,2H3. The van der Waals surface area contributed by atoms with Crippen LogP contribution >= 0.6 is 0 Å². The lowest BCUT2D eigenvalue weighted by Gasteiger charge is -2.49. The monoisotopic (exact) mass is 395 g/mol. The van der Waals surface area contributed by atoms with Crippen LogP contribution in [0, 0.1) is 11.6 Å². The average molecular weight is 395 g/mol. The molecule has 0 amide bonds. The first-order chi connectivity index (χ1) is 13.9. The van der Waals surface area contributed by atoms with Crippen LogP contribution in [-0.4, -0.2) is 28.9 Å². The molecule has 1 atom stereocenters. The summed E-state index contributed by atoms with van der Waals surface area (Å²) in [5, 5.41) is 3.17. The summed E-state index contributed by atoms with van der Waals surface area (Å²) in [6.45, 7) is 17.1. The third-order valence-electron chi connectivity index (χ3n) is 6.19. The summed E-state index contributed by atoms with van der Waals surface area (Å²) < 4.78 is 27.1. The summed E-state index contributed by atoms with van der Waals surface area (Å²) in [5.74, 6) is -1.14. The van der Waals surface area contributed by atoms with Gasteiger partial charge in [-0.3, -0.25) is 0 Å². The fourth-order valence-electron chi connectivity index (χ4n) is 4.52. The van der Waals surface area contributed by atoms with Gasteiger partial charge in [0.15, 0.2) is 0 Å². The van der Waals surface area contributed by atoms with E-state index in [-0.39, 0.29) is 6.54 Å². The third-order valence-corrected chi connectivity index (χ3v) is 6.19. The molecule has 2 fully saturated rings. The first-order valence-electron chi connectivity index (χ1n) is 10.1. The van der Waals surface area contributed by atoms with E-state index in [1.807, 2.05) is 0 Å². The van der Waals surface area contributed by atoms with Crippen molar-refractivity contribution in [2.24, 2.45) is 0 Å². The highest BCUT2D eigenvalue weighted by Crippen LogP contribution is 2.40. The molecule has 1 aromatic carbocycles. The molecule has 2 saturated heterocycles. The molecule has 1 aromatic rings. The Hall–Kier alpha value is -2.82. The summed E-state index contributed by atoms with van der Waals surface area (Å²) in [5.41, 5.74) is 6.17. The number of piperazine rings is 1. The van der Waals surface area contributed by atoms with Gasteiger partial charge in [-0.05, 0) is 43.4 Å². The molecule has 29 heavy (non-hydrogen) atoms. The van der Waals surface area contributed by atoms with Gasteiger partial charge in [0.1, 0.15) is 11.6 Å². The molecular weight excluding hydrogens is 368 g/mol. The Bertz CT molecular complexity index is 957. The molecule has 3 nitrogen and oxygen atoms in total. The Balaban J connectivity index is 1.53. The molecule has 3 heterocycles. The minimum atomic E-state index is -0.580. The van der Waals surface area contributed by atoms with Gasteiger partial charge in [0, 0.05) is 54.8 Å². The number of rotatable bonds is 4. The zero-order chi connectivity index (χ0) is 20.7. The summed E-state index contributed by atoms with van der Waals surface area (Å²) >= 11 is 0. The summed E-state index contributed by atoms with van der Waals surface area (Å²) in [6, 6.07) is 4.08. The van der Waals surface area contributed by atoms with Crippen molar-refractivity contribution in [1.82, 2.24) is 15.1 Å². The highest BCUT2D eigenvalue weighted by Gasteiger charge is 2.36. The lowest BCUT2D eigenvalue weighted by atomic mass is 9.88. The van der Waals surface area contributed by atoms with Crippen LogP contribution in [0.4, 0.5) is 8.78 Å². The number of nitrogens with zero attached hydrogens (tertiary/aromatic N) is 2. The Kier molecular flexibility index (Phi) is 5.07. The third kappa shape index (κ3) is 3.50. The maximum absolute atomic E-state index is 13.9. The van der Waals surface area contributed by atoms with Crippen LogP contribution in [-0.2, 0) is 6.54 Å². The summed E-state index contributed by atoms with van der Waals surface area (Å²) in [6.07, 6.45) is 5.72. The second kappa shape index (κ2) is 7.54. The minimum absolute atomic E-state index is 0.230. The number of allylic oxidation sites excluding steroid dienone is 2. The largest absolute Gasteiger partial charge is 0.381 e. The van der Waals surface area contributed by atoms with Crippen LogP contribution in [0.3, 0.4) is 0 Å². The van der Waals surface area contributed by atoms with Crippen LogP contribution in [0.5, 0.6) is 0 Å². The number of halogens is 2. The lowest BCUT2D eigenvalue weighted by Crippen LogP contribution is -2.51. The predicted octanol–water partition coefficient (Wildman–Crippen LogP) is 4.98. The van der Waals surface area contributed by atoms with Gasteiger partial charge in [0.2, 0.25) is 0 Å². The average Bonchev–Trinajstić information content (AvgIpc) is 2.70. The van der Waals surface area contributed by atoms with Crippen LogP contribution in [0.2, 0.25) is 0 Å². The normalized spacial score (nSPS) is 21.6. The van der Waals surface area contributed by atoms with Crippen molar-refractivity contribution in [3.05, 3.63) is 95.1 Å². The SMILES string of the molecule is C=C(NCc1ccc(F)cc1F)C1=CN2CC3CCCCN3C(=C)C2=C(C)C1=C. The second-order valence-electron chi connectivity index (χ2n) is 8.00. The minimum Gasteiger partial charge on any atom is -0.381 e. The highest BCUT2D eigenvalue weighted by atomic mass is 19.1. The fourth-order valence-corrected chi connectivity index (χ4v) is 4.52. The number of piperidine rings is 1. The van der Waals surface area contributed by atoms with Crippen LogP contribution in [0.1, 0.15) is 31.7 Å². The summed E-state index contributed by atoms with van der Waals surface area (Å²) in [7, 11) is 0. The molecule has 0 bridgehead atoms. The molecule has 0 radical (unpaired) electrons. The van der Waals surface area contributed by atoms with Gasteiger partial charge in [-0.1, -0.05) is 25.8 Å². The maximum Gasteiger partial charge on any atom is 0.131 e. The van der Waals surface area contributed by atoms with Gasteiger partial charge in [0.25, 0.3) is 0 Å². The Morgan fingerprint density at radius 3 is 2.79 bits per heavy atom. The molecule has 0 saturated carbocycles. The van der Waals surface area contributed by atoms with Gasteiger partial charge in [-0.25, -0.2) is 8.78 Å². The molecule has 3 aliphatic rings. The van der Waals surface area contributed by atoms with E-state index in [0.29, 0.717) is 17.3 Å². The van der Waals surface area contributed by atoms with E-state index in [1.165, 1.54) is 31.4 Å². The van der Waals surface area contributed by atoms with Crippen molar-refractivity contribution in [2.45, 2.75) is 38.8 Å². The highest BCUT2D eigenvalue weighted by molar-refractivity contribution is 5.60. The van der Waals surface area contributed by atoms with Gasteiger partial charge in [-0.15, -0.1) is 0 Å². The van der Waals surface area contributed by atoms with E-state index in [9.17, 15) is 8.78 Å². The van der Waals surface area contributed by atoms with E-state index in [0.717, 1.165) is 47.3 Å². The molecule has 1 unspecified atom stereocenters. The molecule has 0 aliphatic carbocycles. The van der Waals surface area contributed by atoms with E-state index >= 15 is 0 Å². The van der Waals surface area contributed by atoms with Gasteiger partial charge in [-0.2, -0.15) is 0 Å². The number of benzene rings is 1. The van der Waals surface area contributed by atoms with E-state index in [4.69, 9.17) is 0 Å². The van der Waals surface area contributed by atoms with Crippen LogP contribution in [0.15, 0.2) is 77.9 Å². The molecule has 4 rings (SSSR count). The van der Waals surface area contributed by atoms with Crippen LogP contribution < -0.4 is 5.32 Å². The smallest absolute Gasteiger partial charge is 0.131 e. The van der Waals surface area contributed by atoms with Crippen molar-refractivity contribution in [3.63, 3.8) is 0 Å². The number of fused-ring (bicyclic) bond motifs is 2. The molecular formula is C24H27F2N3. The van der Waals surface area contributed by atoms with E-state index in [2.05, 4.69) is 48.0 Å². The van der Waals surface area contributed by atoms with Crippen molar-refractivity contribution in [1.29, 1.82) is 0 Å². The lowest BCUT2D eigenvalue weighted by molar-refractivity contribution is 0.135. The Morgan fingerprint density at radius 1 is 1.24 bits per heavy atom. The van der Waals surface area contributed by atoms with E-state index in [1.54, 1.807) is 0 Å². The number of nitrogens with one attached hydrogen (secondary N) is 1. The Morgan fingerprint density at radius 2 is 2.03 bits per heavy atom. The van der Waals surface area contributed by atoms with Gasteiger partial charge >= 0.3 is 0 Å². The number of hydrogen-bond acceptors (Lipinski definition) is 3. The maximum atomic E-state index is 13.9. The summed E-state index contributed by atoms with van der Waals surface area (Å²) in [4.78, 5) is 4.70. The van der Waals surface area contributed by atoms with Crippen molar-refractivity contribution in [2.75, 3.05) is 13.1 Å². The zero-order valence-corrected chi connectivity index (χ0v) is 16.9. The first-order valence-corrected chi connectivity index (χ1v) is 10.1. The van der Waals surface area contributed by atoms with E-state index < -0.39 is 11.6 Å². The van der Waals surface area contributed by atoms with Crippen molar-refractivity contribution >= 4 is 0 Å². The molecule has 5 heteroatoms. The molecule has 1 N–H and O–H groups in total. The molecule has 3 aliphatic heterocycles. The number of hydrogen-bond donors (Lipinski definition) is 1. The van der Waals surface area contributed by atoms with Crippen molar-refractivity contribution in [3.8, 4) is 0 Å². The predicted molar refractivity (Wildman–Crippen MR) is 112 cm³/mol. The molecule has 0 aromatic heterocycles. The Labute approximate surface area is 171 Å². The fraction of sp³-hybridized carbons (Fsp3) is 0.333. The quantitative estimate of drug-likeness (QED) is 0.776. The second-order valence-corrected chi connectivity index (χ2v) is 8.00. The molecule has 152 valence electrons. The topological polar surface area (TPSA) is 18.5 Å².